The van der Waals surface area contributed by atoms with Crippen molar-refractivity contribution in [3.63, 3.8) is 0 Å². The summed E-state index contributed by atoms with van der Waals surface area (Å²) in [5, 5.41) is 3.16. The molecule has 1 heterocycles. The number of benzene rings is 3. The van der Waals surface area contributed by atoms with Crippen molar-refractivity contribution in [3.05, 3.63) is 101 Å². The smallest absolute Gasteiger partial charge is 0.298 e. The van der Waals surface area contributed by atoms with Crippen LogP contribution in [0.25, 0.3) is 0 Å². The Morgan fingerprint density at radius 1 is 1.07 bits per heavy atom. The van der Waals surface area contributed by atoms with E-state index in [9.17, 15) is 9.18 Å². The van der Waals surface area contributed by atoms with Gasteiger partial charge in [0.1, 0.15) is 11.6 Å². The number of aryl methyl sites for hydroxylation is 1. The van der Waals surface area contributed by atoms with Gasteiger partial charge in [0, 0.05) is 29.2 Å². The number of carbonyl (C=O) groups excluding carboxylic acids is 1. The Morgan fingerprint density at radius 2 is 1.83 bits per heavy atom. The predicted molar refractivity (Wildman–Crippen MR) is 115 cm³/mol. The zero-order chi connectivity index (χ0) is 20.9. The van der Waals surface area contributed by atoms with Gasteiger partial charge in [-0.15, -0.1) is 0 Å². The highest BCUT2D eigenvalue weighted by Gasteiger charge is 2.13. The Labute approximate surface area is 177 Å². The van der Waals surface area contributed by atoms with Gasteiger partial charge < -0.3 is 10.1 Å². The maximum Gasteiger partial charge on any atom is 0.298 e. The van der Waals surface area contributed by atoms with Crippen molar-refractivity contribution < 1.29 is 13.9 Å². The second-order valence-corrected chi connectivity index (χ2v) is 7.40. The summed E-state index contributed by atoms with van der Waals surface area (Å²) in [6.07, 6.45) is 0.625. The van der Waals surface area contributed by atoms with Crippen LogP contribution < -0.4 is 10.1 Å². The molecule has 0 spiro atoms. The van der Waals surface area contributed by atoms with Crippen molar-refractivity contribution in [3.8, 4) is 10.9 Å². The Balaban J connectivity index is 1.47. The molecule has 0 unspecified atom stereocenters. The zero-order valence-corrected chi connectivity index (χ0v) is 16.9. The molecule has 1 aromatic heterocycles. The molecule has 1 amide bonds. The maximum absolute atomic E-state index is 13.0. The quantitative estimate of drug-likeness (QED) is 0.440. The van der Waals surface area contributed by atoms with Crippen molar-refractivity contribution in [1.29, 1.82) is 0 Å². The molecule has 150 valence electrons. The van der Waals surface area contributed by atoms with Crippen LogP contribution in [-0.4, -0.2) is 15.3 Å². The number of nitrogens with zero attached hydrogens (tertiary/aromatic N) is 2. The van der Waals surface area contributed by atoms with Gasteiger partial charge in [0.2, 0.25) is 0 Å². The lowest BCUT2D eigenvalue weighted by Crippen LogP contribution is -2.12. The third-order valence-electron chi connectivity index (χ3n) is 4.40. The first-order valence-corrected chi connectivity index (χ1v) is 10.1. The summed E-state index contributed by atoms with van der Waals surface area (Å²) < 4.78 is 23.3. The lowest BCUT2D eigenvalue weighted by molar-refractivity contribution is 0.102. The third-order valence-corrected chi connectivity index (χ3v) is 5.04. The van der Waals surface area contributed by atoms with Crippen molar-refractivity contribution >= 4 is 23.1 Å². The Kier molecular flexibility index (Phi) is 5.81. The van der Waals surface area contributed by atoms with Crippen LogP contribution in [0.5, 0.6) is 10.9 Å². The Hall–Kier alpha value is -3.58. The first kappa shape index (κ1) is 19.7. The van der Waals surface area contributed by atoms with Crippen molar-refractivity contribution in [2.75, 3.05) is 5.32 Å². The number of aromatic nitrogens is 2. The Morgan fingerprint density at radius 3 is 2.60 bits per heavy atom. The summed E-state index contributed by atoms with van der Waals surface area (Å²) in [5.74, 6) is 0.546. The summed E-state index contributed by atoms with van der Waals surface area (Å²) in [6, 6.07) is 20.7. The normalized spacial score (nSPS) is 10.6. The number of halogens is 1. The molecule has 3 aromatic carbocycles. The maximum atomic E-state index is 13.0. The highest BCUT2D eigenvalue weighted by atomic mass is 32.1. The van der Waals surface area contributed by atoms with Crippen LogP contribution in [0.15, 0.2) is 72.8 Å². The van der Waals surface area contributed by atoms with E-state index in [0.29, 0.717) is 34.4 Å². The zero-order valence-electron chi connectivity index (χ0n) is 16.1. The van der Waals surface area contributed by atoms with Gasteiger partial charge in [-0.25, -0.2) is 4.39 Å². The molecule has 30 heavy (non-hydrogen) atoms. The number of rotatable bonds is 6. The molecule has 0 aliphatic rings. The second kappa shape index (κ2) is 8.84. The molecule has 0 fully saturated rings. The van der Waals surface area contributed by atoms with E-state index in [1.54, 1.807) is 18.2 Å². The van der Waals surface area contributed by atoms with Gasteiger partial charge >= 0.3 is 0 Å². The van der Waals surface area contributed by atoms with Crippen LogP contribution in [0.4, 0.5) is 10.1 Å². The van der Waals surface area contributed by atoms with Gasteiger partial charge in [-0.3, -0.25) is 4.79 Å². The number of hydrogen-bond donors (Lipinski definition) is 1. The Bertz CT molecular complexity index is 1160. The first-order chi connectivity index (χ1) is 14.6. The number of hydrogen-bond acceptors (Lipinski definition) is 5. The van der Waals surface area contributed by atoms with Crippen LogP contribution in [-0.2, 0) is 6.42 Å². The van der Waals surface area contributed by atoms with Crippen LogP contribution in [0.3, 0.4) is 0 Å². The first-order valence-electron chi connectivity index (χ1n) is 9.29. The minimum absolute atomic E-state index is 0.312. The molecule has 4 rings (SSSR count). The van der Waals surface area contributed by atoms with Crippen molar-refractivity contribution in [2.45, 2.75) is 13.3 Å². The molecule has 0 bridgehead atoms. The minimum Gasteiger partial charge on any atom is -0.430 e. The number of anilines is 1. The van der Waals surface area contributed by atoms with Gasteiger partial charge in [0.05, 0.1) is 0 Å². The van der Waals surface area contributed by atoms with E-state index in [1.165, 1.54) is 35.8 Å². The van der Waals surface area contributed by atoms with E-state index < -0.39 is 0 Å². The molecular formula is C23H18FN3O2S. The molecule has 0 aliphatic heterocycles. The highest BCUT2D eigenvalue weighted by molar-refractivity contribution is 7.07. The number of amides is 1. The summed E-state index contributed by atoms with van der Waals surface area (Å²) >= 11 is 1.17. The molecular weight excluding hydrogens is 401 g/mol. The van der Waals surface area contributed by atoms with E-state index in [-0.39, 0.29) is 11.7 Å². The molecule has 5 nitrogen and oxygen atoms in total. The van der Waals surface area contributed by atoms with Crippen LogP contribution in [0, 0.1) is 12.7 Å². The van der Waals surface area contributed by atoms with Crippen molar-refractivity contribution in [1.82, 2.24) is 9.36 Å². The second-order valence-electron chi connectivity index (χ2n) is 6.68. The fraction of sp³-hybridized carbons (Fsp3) is 0.0870. The highest BCUT2D eigenvalue weighted by Crippen LogP contribution is 2.28. The average Bonchev–Trinajstić information content (AvgIpc) is 3.19. The van der Waals surface area contributed by atoms with Crippen LogP contribution in [0.2, 0.25) is 0 Å². The van der Waals surface area contributed by atoms with Crippen LogP contribution >= 0.6 is 11.5 Å². The lowest BCUT2D eigenvalue weighted by atomic mass is 10.1. The molecule has 0 saturated carbocycles. The van der Waals surface area contributed by atoms with E-state index in [0.717, 1.165) is 11.1 Å². The summed E-state index contributed by atoms with van der Waals surface area (Å²) in [5.41, 5.74) is 2.93. The third kappa shape index (κ3) is 4.87. The fourth-order valence-electron chi connectivity index (χ4n) is 2.81. The van der Waals surface area contributed by atoms with E-state index in [4.69, 9.17) is 4.74 Å². The number of nitrogens with one attached hydrogen (secondary N) is 1. The van der Waals surface area contributed by atoms with Gasteiger partial charge in [-0.05, 0) is 54.4 Å². The molecule has 0 saturated heterocycles. The molecule has 7 heteroatoms. The predicted octanol–water partition coefficient (Wildman–Crippen LogP) is 5.62. The minimum atomic E-state index is -0.359. The molecule has 1 N–H and O–H groups in total. The summed E-state index contributed by atoms with van der Waals surface area (Å²) in [7, 11) is 0. The SMILES string of the molecule is Cc1ccc(C(=O)Nc2ccc(F)cc2)cc1Oc1nc(Cc2ccccc2)ns1. The van der Waals surface area contributed by atoms with Gasteiger partial charge in [-0.1, -0.05) is 36.4 Å². The summed E-state index contributed by atoms with van der Waals surface area (Å²) in [6.45, 7) is 1.89. The average molecular weight is 419 g/mol. The lowest BCUT2D eigenvalue weighted by Gasteiger charge is -2.09. The summed E-state index contributed by atoms with van der Waals surface area (Å²) in [4.78, 5) is 17.0. The van der Waals surface area contributed by atoms with E-state index in [1.807, 2.05) is 37.3 Å². The topological polar surface area (TPSA) is 64.1 Å². The van der Waals surface area contributed by atoms with Crippen molar-refractivity contribution in [2.24, 2.45) is 0 Å². The monoisotopic (exact) mass is 419 g/mol. The molecule has 0 aliphatic carbocycles. The van der Waals surface area contributed by atoms with Crippen LogP contribution in [0.1, 0.15) is 27.3 Å². The molecule has 4 aromatic rings. The standard InChI is InChI=1S/C23H18FN3O2S/c1-15-7-8-17(22(28)25-19-11-9-18(24)10-12-19)14-20(15)29-23-26-21(27-30-23)13-16-5-3-2-4-6-16/h2-12,14H,13H2,1H3,(H,25,28). The van der Waals surface area contributed by atoms with E-state index in [2.05, 4.69) is 14.7 Å². The number of ether oxygens (including phenoxy) is 1. The van der Waals surface area contributed by atoms with Gasteiger partial charge in [0.25, 0.3) is 11.1 Å². The largest absolute Gasteiger partial charge is 0.430 e. The van der Waals surface area contributed by atoms with E-state index >= 15 is 0 Å². The number of carbonyl (C=O) groups is 1. The fourth-order valence-corrected chi connectivity index (χ4v) is 3.37. The van der Waals surface area contributed by atoms with Gasteiger partial charge in [0.15, 0.2) is 5.82 Å². The molecule has 0 radical (unpaired) electrons. The van der Waals surface area contributed by atoms with Gasteiger partial charge in [-0.2, -0.15) is 9.36 Å². The molecule has 0 atom stereocenters.